The van der Waals surface area contributed by atoms with Crippen molar-refractivity contribution in [2.75, 3.05) is 0 Å². The molecule has 0 heterocycles. The first kappa shape index (κ1) is 51.8. The average Bonchev–Trinajstić information content (AvgIpc) is 2.30. The summed E-state index contributed by atoms with van der Waals surface area (Å²) in [6.45, 7) is 24.4. The van der Waals surface area contributed by atoms with Gasteiger partial charge in [-0.2, -0.15) is 0 Å². The van der Waals surface area contributed by atoms with Gasteiger partial charge in [0, 0.05) is 0 Å². The lowest BCUT2D eigenvalue weighted by atomic mass is 10.6. The first-order valence-corrected chi connectivity index (χ1v) is 9.63. The Kier molecular flexibility index (Phi) is 75.3. The zero-order valence-electron chi connectivity index (χ0n) is 23.3. The summed E-state index contributed by atoms with van der Waals surface area (Å²) in [6.07, 6.45) is 0. The molecule has 0 aliphatic heterocycles. The number of Topliss-reactive ketones (excluding diaryl/α,β-unsaturated/α-hetero) is 8. The van der Waals surface area contributed by atoms with Crippen molar-refractivity contribution in [1.29, 1.82) is 0 Å². The summed E-state index contributed by atoms with van der Waals surface area (Å²) in [7, 11) is 0. The van der Waals surface area contributed by atoms with Crippen molar-refractivity contribution >= 4 is 46.3 Å². The molecule has 8 heteroatoms. The molecule has 0 atom stereocenters. The van der Waals surface area contributed by atoms with Gasteiger partial charge in [0.1, 0.15) is 46.3 Å². The van der Waals surface area contributed by atoms with E-state index in [0.29, 0.717) is 0 Å². The molecule has 0 N–H and O–H groups in total. The zero-order valence-corrected chi connectivity index (χ0v) is 23.3. The molecule has 0 aromatic carbocycles. The van der Waals surface area contributed by atoms with Gasteiger partial charge in [0.2, 0.25) is 0 Å². The fourth-order valence-electron chi connectivity index (χ4n) is 0. The van der Waals surface area contributed by atoms with Gasteiger partial charge in [-0.25, -0.2) is 0 Å². The molecule has 0 bridgehead atoms. The molecule has 8 nitrogen and oxygen atoms in total. The molecule has 192 valence electrons. The average molecular weight is 465 g/mol. The second-order valence-corrected chi connectivity index (χ2v) is 7.27. The van der Waals surface area contributed by atoms with Crippen molar-refractivity contribution in [2.45, 2.75) is 111 Å². The molecule has 0 aromatic heterocycles. The van der Waals surface area contributed by atoms with Gasteiger partial charge in [-0.15, -0.1) is 0 Å². The van der Waals surface area contributed by atoms with Crippen LogP contribution in [0.5, 0.6) is 0 Å². The number of ketones is 8. The van der Waals surface area contributed by atoms with E-state index in [1.54, 1.807) is 0 Å². The maximum Gasteiger partial charge on any atom is 0.126 e. The Hall–Kier alpha value is -2.64. The molecule has 0 aromatic rings. The molecule has 0 saturated carbocycles. The molecule has 0 spiro atoms. The maximum atomic E-state index is 9.44. The van der Waals surface area contributed by atoms with E-state index in [2.05, 4.69) is 0 Å². The van der Waals surface area contributed by atoms with Crippen LogP contribution in [0, 0.1) is 0 Å². The summed E-state index contributed by atoms with van der Waals surface area (Å²) < 4.78 is 0. The number of hydrogen-bond acceptors (Lipinski definition) is 8. The highest BCUT2D eigenvalue weighted by atomic mass is 16.1. The van der Waals surface area contributed by atoms with Crippen molar-refractivity contribution in [1.82, 2.24) is 0 Å². The Balaban J connectivity index is -0.0000000343. The highest BCUT2D eigenvalue weighted by Gasteiger charge is 1.64. The molecule has 0 saturated heterocycles. The summed E-state index contributed by atoms with van der Waals surface area (Å²) in [5.41, 5.74) is 0. The Morgan fingerprint density at radius 1 is 0.188 bits per heavy atom. The minimum atomic E-state index is 0.167. The van der Waals surface area contributed by atoms with Crippen LogP contribution in [0.15, 0.2) is 0 Å². The van der Waals surface area contributed by atoms with Crippen LogP contribution in [0.2, 0.25) is 0 Å². The molecule has 0 fully saturated rings. The third-order valence-corrected chi connectivity index (χ3v) is 0. The van der Waals surface area contributed by atoms with Crippen molar-refractivity contribution in [3.63, 3.8) is 0 Å². The van der Waals surface area contributed by atoms with Crippen LogP contribution in [-0.2, 0) is 38.4 Å². The van der Waals surface area contributed by atoms with E-state index in [1.807, 2.05) is 0 Å². The lowest BCUT2D eigenvalue weighted by Gasteiger charge is -1.56. The lowest BCUT2D eigenvalue weighted by molar-refractivity contribution is -0.115. The van der Waals surface area contributed by atoms with Crippen LogP contribution in [0.1, 0.15) is 111 Å². The summed E-state index contributed by atoms with van der Waals surface area (Å²) in [4.78, 5) is 75.6. The standard InChI is InChI=1S/8C3H6O/c8*1-3(2)4/h8*1-2H3. The zero-order chi connectivity index (χ0) is 28.6. The predicted molar refractivity (Wildman–Crippen MR) is 131 cm³/mol. The fourth-order valence-corrected chi connectivity index (χ4v) is 0. The number of rotatable bonds is 0. The molecule has 0 aliphatic carbocycles. The second kappa shape index (κ2) is 46.5. The number of carbonyl (C=O) groups is 8. The molecule has 32 heavy (non-hydrogen) atoms. The summed E-state index contributed by atoms with van der Waals surface area (Å²) in [6, 6.07) is 0. The Morgan fingerprint density at radius 3 is 0.188 bits per heavy atom. The van der Waals surface area contributed by atoms with Crippen molar-refractivity contribution in [2.24, 2.45) is 0 Å². The third-order valence-electron chi connectivity index (χ3n) is 0. The third kappa shape index (κ3) is 2730. The van der Waals surface area contributed by atoms with Crippen LogP contribution < -0.4 is 0 Å². The molecule has 0 amide bonds. The van der Waals surface area contributed by atoms with Crippen LogP contribution >= 0.6 is 0 Å². The van der Waals surface area contributed by atoms with Crippen LogP contribution in [0.25, 0.3) is 0 Å². The fraction of sp³-hybridized carbons (Fsp3) is 0.667. The van der Waals surface area contributed by atoms with Crippen LogP contribution in [0.4, 0.5) is 0 Å². The minimum Gasteiger partial charge on any atom is -0.300 e. The van der Waals surface area contributed by atoms with E-state index in [9.17, 15) is 38.4 Å². The number of hydrogen-bond donors (Lipinski definition) is 0. The van der Waals surface area contributed by atoms with Crippen molar-refractivity contribution in [3.8, 4) is 0 Å². The highest BCUT2D eigenvalue weighted by Crippen LogP contribution is 1.53. The van der Waals surface area contributed by atoms with E-state index < -0.39 is 0 Å². The van der Waals surface area contributed by atoms with Gasteiger partial charge >= 0.3 is 0 Å². The molecular formula is C24H48O8. The summed E-state index contributed by atoms with van der Waals surface area (Å²) in [5.74, 6) is 1.33. The van der Waals surface area contributed by atoms with Gasteiger partial charge in [0.25, 0.3) is 0 Å². The van der Waals surface area contributed by atoms with E-state index in [0.717, 1.165) is 0 Å². The second-order valence-electron chi connectivity index (χ2n) is 7.27. The van der Waals surface area contributed by atoms with E-state index in [4.69, 9.17) is 0 Å². The smallest absolute Gasteiger partial charge is 0.126 e. The maximum absolute atomic E-state index is 9.44. The summed E-state index contributed by atoms with van der Waals surface area (Å²) in [5, 5.41) is 0. The summed E-state index contributed by atoms with van der Waals surface area (Å²) >= 11 is 0. The molecule has 0 aliphatic rings. The van der Waals surface area contributed by atoms with Crippen molar-refractivity contribution < 1.29 is 38.4 Å². The van der Waals surface area contributed by atoms with Gasteiger partial charge in [-0.3, -0.25) is 0 Å². The monoisotopic (exact) mass is 464 g/mol. The minimum absolute atomic E-state index is 0.167. The van der Waals surface area contributed by atoms with E-state index >= 15 is 0 Å². The lowest BCUT2D eigenvalue weighted by Crippen LogP contribution is -1.69. The Morgan fingerprint density at radius 2 is 0.188 bits per heavy atom. The highest BCUT2D eigenvalue weighted by molar-refractivity contribution is 5.73. The van der Waals surface area contributed by atoms with Gasteiger partial charge in [-0.05, 0) is 111 Å². The molecule has 0 unspecified atom stereocenters. The quantitative estimate of drug-likeness (QED) is 0.500. The topological polar surface area (TPSA) is 137 Å². The van der Waals surface area contributed by atoms with E-state index in [1.165, 1.54) is 111 Å². The Bertz CT molecular complexity index is 354. The van der Waals surface area contributed by atoms with Crippen molar-refractivity contribution in [3.05, 3.63) is 0 Å². The molecule has 0 radical (unpaired) electrons. The molecular weight excluding hydrogens is 416 g/mol. The van der Waals surface area contributed by atoms with E-state index in [-0.39, 0.29) is 46.3 Å². The molecule has 0 rings (SSSR count). The first-order valence-electron chi connectivity index (χ1n) is 9.63. The SMILES string of the molecule is CC(C)=O.CC(C)=O.CC(C)=O.CC(C)=O.CC(C)=O.CC(C)=O.CC(C)=O.CC(C)=O. The van der Waals surface area contributed by atoms with Gasteiger partial charge in [-0.1, -0.05) is 0 Å². The number of carbonyl (C=O) groups excluding carboxylic acids is 8. The largest absolute Gasteiger partial charge is 0.300 e. The van der Waals surface area contributed by atoms with Crippen LogP contribution in [0.3, 0.4) is 0 Å². The normalized spacial score (nSPS) is 6.50. The Labute approximate surface area is 195 Å². The van der Waals surface area contributed by atoms with Crippen LogP contribution in [-0.4, -0.2) is 46.3 Å². The van der Waals surface area contributed by atoms with Gasteiger partial charge in [0.05, 0.1) is 0 Å². The first-order chi connectivity index (χ1) is 13.9. The van der Waals surface area contributed by atoms with Gasteiger partial charge in [0.15, 0.2) is 0 Å². The predicted octanol–water partition coefficient (Wildman–Crippen LogP) is 4.76. The van der Waals surface area contributed by atoms with Gasteiger partial charge < -0.3 is 38.4 Å².